The van der Waals surface area contributed by atoms with Crippen molar-refractivity contribution in [3.8, 4) is 5.75 Å². The van der Waals surface area contributed by atoms with Gasteiger partial charge in [-0.15, -0.1) is 0 Å². The van der Waals surface area contributed by atoms with Crippen molar-refractivity contribution in [1.29, 1.82) is 0 Å². The number of carbonyl (C=O) groups excluding carboxylic acids is 3. The third-order valence-corrected chi connectivity index (χ3v) is 7.36. The molecule has 0 aliphatic carbocycles. The second-order valence-corrected chi connectivity index (χ2v) is 9.92. The van der Waals surface area contributed by atoms with Gasteiger partial charge in [-0.05, 0) is 36.8 Å². The van der Waals surface area contributed by atoms with Crippen molar-refractivity contribution in [3.63, 3.8) is 0 Å². The molecule has 2 heterocycles. The quantitative estimate of drug-likeness (QED) is 0.296. The number of methoxy groups -OCH3 is 1. The maximum atomic E-state index is 13.5. The molecule has 0 spiro atoms. The molecule has 9 heteroatoms. The van der Waals surface area contributed by atoms with E-state index < -0.39 is 0 Å². The maximum absolute atomic E-state index is 13.5. The second kappa shape index (κ2) is 11.0. The zero-order valence-electron chi connectivity index (χ0n) is 19.7. The molecule has 1 fully saturated rings. The Morgan fingerprint density at radius 1 is 1.00 bits per heavy atom. The number of benzene rings is 2. The summed E-state index contributed by atoms with van der Waals surface area (Å²) in [4.78, 5) is 42.9. The van der Waals surface area contributed by atoms with Crippen LogP contribution in [-0.2, 0) is 14.4 Å². The van der Waals surface area contributed by atoms with Crippen molar-refractivity contribution in [2.75, 3.05) is 30.4 Å². The smallest absolute Gasteiger partial charge is 0.267 e. The Balaban J connectivity index is 1.55. The highest BCUT2D eigenvalue weighted by molar-refractivity contribution is 8.26. The second-order valence-electron chi connectivity index (χ2n) is 8.27. The molecule has 1 N–H and O–H groups in total. The first-order valence-electron chi connectivity index (χ1n) is 11.6. The normalized spacial score (nSPS) is 17.3. The summed E-state index contributed by atoms with van der Waals surface area (Å²) in [6.07, 6.45) is 4.11. The molecule has 182 valence electrons. The van der Waals surface area contributed by atoms with Gasteiger partial charge in [-0.1, -0.05) is 68.4 Å². The zero-order valence-corrected chi connectivity index (χ0v) is 21.3. The minimum Gasteiger partial charge on any atom is -0.497 e. The summed E-state index contributed by atoms with van der Waals surface area (Å²) in [5, 5.41) is 2.81. The standard InChI is InChI=1S/C26H27N3O4S2/c1-3-4-5-8-15-28-25(32)23(35-26(28)34)22-19-9-6-7-10-20(19)29(24(22)31)16-21(30)27-17-11-13-18(33-2)14-12-17/h6-7,9-14H,3-5,8,15-16H2,1-2H3,(H,27,30)/b23-22-. The molecule has 35 heavy (non-hydrogen) atoms. The zero-order chi connectivity index (χ0) is 24.9. The number of nitrogens with one attached hydrogen (secondary N) is 1. The number of amides is 3. The van der Waals surface area contributed by atoms with Crippen LogP contribution < -0.4 is 15.0 Å². The number of ether oxygens (including phenoxy) is 1. The molecule has 0 aromatic heterocycles. The highest BCUT2D eigenvalue weighted by Crippen LogP contribution is 2.44. The molecule has 2 aromatic carbocycles. The summed E-state index contributed by atoms with van der Waals surface area (Å²) >= 11 is 6.64. The molecule has 7 nitrogen and oxygen atoms in total. The molecule has 0 unspecified atom stereocenters. The minimum atomic E-state index is -0.373. The van der Waals surface area contributed by atoms with Gasteiger partial charge in [0.15, 0.2) is 0 Å². The van der Waals surface area contributed by atoms with Crippen molar-refractivity contribution in [2.45, 2.75) is 32.6 Å². The molecular formula is C26H27N3O4S2. The molecular weight excluding hydrogens is 482 g/mol. The van der Waals surface area contributed by atoms with Crippen molar-refractivity contribution >= 4 is 63.0 Å². The largest absolute Gasteiger partial charge is 0.497 e. The van der Waals surface area contributed by atoms with Gasteiger partial charge in [-0.2, -0.15) is 0 Å². The van der Waals surface area contributed by atoms with Crippen molar-refractivity contribution in [2.24, 2.45) is 0 Å². The monoisotopic (exact) mass is 509 g/mol. The summed E-state index contributed by atoms with van der Waals surface area (Å²) in [6, 6.07) is 14.2. The molecule has 2 aliphatic rings. The van der Waals surface area contributed by atoms with E-state index in [4.69, 9.17) is 17.0 Å². The number of hydrogen-bond acceptors (Lipinski definition) is 6. The summed E-state index contributed by atoms with van der Waals surface area (Å²) < 4.78 is 5.61. The van der Waals surface area contributed by atoms with Crippen LogP contribution in [0.15, 0.2) is 53.4 Å². The van der Waals surface area contributed by atoms with E-state index in [0.717, 1.165) is 37.4 Å². The maximum Gasteiger partial charge on any atom is 0.267 e. The fraction of sp³-hybridized carbons (Fsp3) is 0.308. The first kappa shape index (κ1) is 24.9. The summed E-state index contributed by atoms with van der Waals surface area (Å²) in [5.41, 5.74) is 2.15. The van der Waals surface area contributed by atoms with Gasteiger partial charge >= 0.3 is 0 Å². The Labute approximate surface area is 214 Å². The lowest BCUT2D eigenvalue weighted by Gasteiger charge is -2.17. The number of thiocarbonyl (C=S) groups is 1. The molecule has 0 saturated carbocycles. The van der Waals surface area contributed by atoms with Gasteiger partial charge in [-0.25, -0.2) is 0 Å². The Morgan fingerprint density at radius 2 is 1.74 bits per heavy atom. The van der Waals surface area contributed by atoms with Gasteiger partial charge in [0.1, 0.15) is 16.6 Å². The molecule has 2 aromatic rings. The Morgan fingerprint density at radius 3 is 2.46 bits per heavy atom. The van der Waals surface area contributed by atoms with Crippen LogP contribution in [0.1, 0.15) is 38.2 Å². The van der Waals surface area contributed by atoms with Crippen molar-refractivity contribution < 1.29 is 19.1 Å². The van der Waals surface area contributed by atoms with Crippen LogP contribution in [-0.4, -0.2) is 47.1 Å². The third-order valence-electron chi connectivity index (χ3n) is 5.91. The van der Waals surface area contributed by atoms with Crippen LogP contribution in [0.25, 0.3) is 5.57 Å². The topological polar surface area (TPSA) is 79.0 Å². The van der Waals surface area contributed by atoms with Crippen LogP contribution in [0.2, 0.25) is 0 Å². The van der Waals surface area contributed by atoms with E-state index in [-0.39, 0.29) is 24.3 Å². The number of carbonyl (C=O) groups is 3. The van der Waals surface area contributed by atoms with Crippen molar-refractivity contribution in [3.05, 3.63) is 59.0 Å². The Bertz CT molecular complexity index is 1190. The van der Waals surface area contributed by atoms with Gasteiger partial charge in [-0.3, -0.25) is 24.2 Å². The molecule has 0 atom stereocenters. The van der Waals surface area contributed by atoms with Crippen molar-refractivity contribution in [1.82, 2.24) is 4.90 Å². The van der Waals surface area contributed by atoms with E-state index in [2.05, 4.69) is 12.2 Å². The predicted molar refractivity (Wildman–Crippen MR) is 143 cm³/mol. The molecule has 1 saturated heterocycles. The van der Waals surface area contributed by atoms with Crippen LogP contribution in [0.3, 0.4) is 0 Å². The van der Waals surface area contributed by atoms with E-state index in [1.165, 1.54) is 4.90 Å². The lowest BCUT2D eigenvalue weighted by molar-refractivity contribution is -0.122. The molecule has 0 bridgehead atoms. The van der Waals surface area contributed by atoms with E-state index in [1.807, 2.05) is 12.1 Å². The van der Waals surface area contributed by atoms with E-state index in [0.29, 0.717) is 44.0 Å². The molecule has 0 radical (unpaired) electrons. The summed E-state index contributed by atoms with van der Waals surface area (Å²) in [6.45, 7) is 2.50. The Kier molecular flexibility index (Phi) is 7.87. The first-order chi connectivity index (χ1) is 16.9. The molecule has 2 aliphatic heterocycles. The summed E-state index contributed by atoms with van der Waals surface area (Å²) in [7, 11) is 1.57. The fourth-order valence-corrected chi connectivity index (χ4v) is 5.49. The average Bonchev–Trinajstić information content (AvgIpc) is 3.29. The van der Waals surface area contributed by atoms with Crippen LogP contribution in [0.5, 0.6) is 5.75 Å². The van der Waals surface area contributed by atoms with E-state index >= 15 is 0 Å². The van der Waals surface area contributed by atoms with E-state index in [9.17, 15) is 14.4 Å². The lowest BCUT2D eigenvalue weighted by Crippen LogP contribution is -2.35. The van der Waals surface area contributed by atoms with Gasteiger partial charge in [0.25, 0.3) is 11.8 Å². The van der Waals surface area contributed by atoms with Gasteiger partial charge in [0.2, 0.25) is 5.91 Å². The Hall–Kier alpha value is -3.17. The number of fused-ring (bicyclic) bond motifs is 1. The summed E-state index contributed by atoms with van der Waals surface area (Å²) in [5.74, 6) is -0.274. The fourth-order valence-electron chi connectivity index (χ4n) is 4.11. The number of unbranched alkanes of at least 4 members (excludes halogenated alkanes) is 3. The van der Waals surface area contributed by atoms with E-state index in [1.54, 1.807) is 48.4 Å². The SMILES string of the molecule is CCCCCCN1C(=O)/C(=C2/C(=O)N(CC(=O)Nc3ccc(OC)cc3)c3ccccc32)SC1=S. The predicted octanol–water partition coefficient (Wildman–Crippen LogP) is 4.83. The molecule has 4 rings (SSSR count). The number of thioether (sulfide) groups is 1. The number of rotatable bonds is 9. The number of hydrogen-bond donors (Lipinski definition) is 1. The first-order valence-corrected chi connectivity index (χ1v) is 12.8. The van der Waals surface area contributed by atoms with Gasteiger partial charge in [0, 0.05) is 17.8 Å². The number of anilines is 2. The lowest BCUT2D eigenvalue weighted by atomic mass is 10.1. The van der Waals surface area contributed by atoms with Crippen LogP contribution in [0.4, 0.5) is 11.4 Å². The van der Waals surface area contributed by atoms with Crippen LogP contribution in [0, 0.1) is 0 Å². The highest BCUT2D eigenvalue weighted by Gasteiger charge is 2.42. The van der Waals surface area contributed by atoms with Crippen LogP contribution >= 0.6 is 24.0 Å². The number of nitrogens with zero attached hydrogens (tertiary/aromatic N) is 2. The molecule has 3 amide bonds. The minimum absolute atomic E-state index is 0.178. The van der Waals surface area contributed by atoms with Gasteiger partial charge in [0.05, 0.1) is 23.3 Å². The average molecular weight is 510 g/mol. The van der Waals surface area contributed by atoms with Gasteiger partial charge < -0.3 is 10.1 Å². The highest BCUT2D eigenvalue weighted by atomic mass is 32.2. The third kappa shape index (κ3) is 5.26. The number of para-hydroxylation sites is 1.